The van der Waals surface area contributed by atoms with E-state index in [2.05, 4.69) is 10.6 Å². The molecular weight excluding hydrogens is 568 g/mol. The van der Waals surface area contributed by atoms with Crippen molar-refractivity contribution >= 4 is 23.2 Å². The molecule has 5 rings (SSSR count). The molecule has 226 valence electrons. The van der Waals surface area contributed by atoms with Gasteiger partial charge in [-0.25, -0.2) is 4.39 Å². The van der Waals surface area contributed by atoms with Crippen LogP contribution in [0.5, 0.6) is 11.5 Å². The number of rotatable bonds is 7. The highest BCUT2D eigenvalue weighted by Gasteiger charge is 2.34. The number of amides is 2. The molecule has 3 N–H and O–H groups in total. The minimum absolute atomic E-state index is 0.00588. The van der Waals surface area contributed by atoms with Gasteiger partial charge >= 0.3 is 6.18 Å². The van der Waals surface area contributed by atoms with E-state index in [4.69, 9.17) is 14.9 Å². The molecule has 2 heterocycles. The van der Waals surface area contributed by atoms with Crippen LogP contribution in [0, 0.1) is 11.2 Å². The molecule has 2 amide bonds. The Hall–Kier alpha value is -4.87. The number of fused-ring (bicyclic) bond motifs is 1. The van der Waals surface area contributed by atoms with Crippen LogP contribution in [0.1, 0.15) is 47.3 Å². The number of hydrogen-bond acceptors (Lipinski definition) is 6. The summed E-state index contributed by atoms with van der Waals surface area (Å²) in [5.41, 5.74) is 0.469. The Morgan fingerprint density at radius 1 is 0.930 bits per heavy atom. The number of ether oxygens (including phenoxy) is 2. The van der Waals surface area contributed by atoms with Crippen LogP contribution >= 0.6 is 0 Å². The maximum absolute atomic E-state index is 13.6. The van der Waals surface area contributed by atoms with Gasteiger partial charge in [0.2, 0.25) is 6.79 Å². The van der Waals surface area contributed by atoms with Crippen molar-refractivity contribution in [1.82, 2.24) is 10.2 Å². The number of carbonyl (C=O) groups excluding carboxylic acids is 2. The first-order chi connectivity index (χ1) is 20.6. The zero-order chi connectivity index (χ0) is 31.1. The number of anilines is 1. The zero-order valence-electron chi connectivity index (χ0n) is 23.5. The van der Waals surface area contributed by atoms with Crippen LogP contribution < -0.4 is 20.1 Å². The predicted molar refractivity (Wildman–Crippen MR) is 152 cm³/mol. The van der Waals surface area contributed by atoms with Crippen molar-refractivity contribution in [2.75, 3.05) is 18.7 Å². The maximum Gasteiger partial charge on any atom is 0.419 e. The lowest BCUT2D eigenvalue weighted by molar-refractivity contribution is -0.140. The Morgan fingerprint density at radius 2 is 1.63 bits per heavy atom. The number of halogens is 4. The molecule has 0 radical (unpaired) electrons. The van der Waals surface area contributed by atoms with Crippen molar-refractivity contribution < 1.29 is 36.6 Å². The molecule has 0 spiro atoms. The van der Waals surface area contributed by atoms with Crippen LogP contribution in [0.4, 0.5) is 23.2 Å². The first kappa shape index (κ1) is 31.1. The van der Waals surface area contributed by atoms with Crippen LogP contribution in [0.2, 0.25) is 0 Å². The molecule has 0 bridgehead atoms. The van der Waals surface area contributed by atoms with E-state index < -0.39 is 23.5 Å². The first-order valence-corrected chi connectivity index (χ1v) is 13.5. The summed E-state index contributed by atoms with van der Waals surface area (Å²) in [5, 5.41) is 13.3. The number of hydrogen-bond donors (Lipinski definition) is 3. The second-order valence-corrected chi connectivity index (χ2v) is 9.46. The van der Waals surface area contributed by atoms with Gasteiger partial charge in [0, 0.05) is 49.2 Å². The van der Waals surface area contributed by atoms with Gasteiger partial charge in [-0.05, 0) is 53.6 Å². The van der Waals surface area contributed by atoms with Gasteiger partial charge < -0.3 is 30.4 Å². The lowest BCUT2D eigenvalue weighted by Gasteiger charge is -2.27. The molecule has 8 nitrogen and oxygen atoms in total. The van der Waals surface area contributed by atoms with Crippen molar-refractivity contribution in [3.05, 3.63) is 101 Å². The van der Waals surface area contributed by atoms with Crippen LogP contribution in [0.3, 0.4) is 0 Å². The van der Waals surface area contributed by atoms with Crippen LogP contribution in [-0.4, -0.2) is 35.8 Å². The number of alkyl halides is 3. The van der Waals surface area contributed by atoms with E-state index in [0.29, 0.717) is 48.8 Å². The molecule has 12 heteroatoms. The number of nitrogens with one attached hydrogen (secondary N) is 3. The molecule has 0 aliphatic carbocycles. The summed E-state index contributed by atoms with van der Waals surface area (Å²) >= 11 is 0. The summed E-state index contributed by atoms with van der Waals surface area (Å²) < 4.78 is 63.3. The zero-order valence-corrected chi connectivity index (χ0v) is 23.5. The van der Waals surface area contributed by atoms with Gasteiger partial charge in [-0.3, -0.25) is 9.59 Å². The van der Waals surface area contributed by atoms with Gasteiger partial charge in [-0.2, -0.15) is 13.2 Å². The van der Waals surface area contributed by atoms with Gasteiger partial charge in [0.15, 0.2) is 11.5 Å². The highest BCUT2D eigenvalue weighted by Crippen LogP contribution is 2.34. The van der Waals surface area contributed by atoms with E-state index in [9.17, 15) is 27.2 Å². The second-order valence-electron chi connectivity index (χ2n) is 9.46. The first-order valence-electron chi connectivity index (χ1n) is 13.5. The third-order valence-corrected chi connectivity index (χ3v) is 6.55. The Balaban J connectivity index is 0.00000207. The molecular formula is C31H30F4N4O4. The Kier molecular flexibility index (Phi) is 9.69. The molecule has 43 heavy (non-hydrogen) atoms. The molecule has 2 aliphatic rings. The van der Waals surface area contributed by atoms with Gasteiger partial charge in [-0.15, -0.1) is 0 Å². The predicted octanol–water partition coefficient (Wildman–Crippen LogP) is 6.28. The van der Waals surface area contributed by atoms with Crippen molar-refractivity contribution in [3.8, 4) is 11.5 Å². The second kappa shape index (κ2) is 13.4. The van der Waals surface area contributed by atoms with Crippen molar-refractivity contribution in [2.24, 2.45) is 0 Å². The Bertz CT molecular complexity index is 1540. The highest BCUT2D eigenvalue weighted by atomic mass is 19.4. The molecule has 0 unspecified atom stereocenters. The smallest absolute Gasteiger partial charge is 0.419 e. The van der Waals surface area contributed by atoms with Gasteiger partial charge in [0.1, 0.15) is 5.82 Å². The highest BCUT2D eigenvalue weighted by molar-refractivity contribution is 6.24. The third-order valence-electron chi connectivity index (χ3n) is 6.55. The fourth-order valence-corrected chi connectivity index (χ4v) is 4.39. The molecule has 0 saturated heterocycles. The van der Waals surface area contributed by atoms with Crippen LogP contribution in [-0.2, 0) is 24.1 Å². The molecule has 3 aromatic carbocycles. The van der Waals surface area contributed by atoms with Crippen molar-refractivity contribution in [3.63, 3.8) is 0 Å². The average molecular weight is 599 g/mol. The third kappa shape index (κ3) is 7.70. The van der Waals surface area contributed by atoms with Gasteiger partial charge in [0.05, 0.1) is 11.1 Å². The molecule has 0 aromatic heterocycles. The summed E-state index contributed by atoms with van der Waals surface area (Å²) in [6.07, 6.45) is -3.19. The largest absolute Gasteiger partial charge is 0.454 e. The Labute approximate surface area is 245 Å². The van der Waals surface area contributed by atoms with E-state index >= 15 is 0 Å². The molecule has 0 atom stereocenters. The summed E-state index contributed by atoms with van der Waals surface area (Å²) in [4.78, 5) is 27.2. The van der Waals surface area contributed by atoms with Crippen molar-refractivity contribution in [1.29, 1.82) is 5.41 Å². The number of carbonyl (C=O) groups is 2. The lowest BCUT2D eigenvalue weighted by Crippen LogP contribution is -2.32. The topological polar surface area (TPSA) is 104 Å². The van der Waals surface area contributed by atoms with Gasteiger partial charge in [0.25, 0.3) is 11.8 Å². The van der Waals surface area contributed by atoms with E-state index in [0.717, 1.165) is 17.2 Å². The van der Waals surface area contributed by atoms with Gasteiger partial charge in [-0.1, -0.05) is 32.0 Å². The van der Waals surface area contributed by atoms with Crippen LogP contribution in [0.15, 0.2) is 72.4 Å². The Morgan fingerprint density at radius 3 is 2.35 bits per heavy atom. The van der Waals surface area contributed by atoms with E-state index in [1.807, 2.05) is 26.0 Å². The number of nitrogens with zero attached hydrogens (tertiary/aromatic N) is 1. The average Bonchev–Trinajstić information content (AvgIpc) is 3.47. The SMILES string of the molecule is CC.N=C1CCN(Cc2ccc(C(=O)NCc3ccc4c(c3)OCO4)cc2)C=C1C(=O)Nc1ccc(F)c(C(F)(F)F)c1. The minimum atomic E-state index is -4.91. The summed E-state index contributed by atoms with van der Waals surface area (Å²) in [6, 6.07) is 14.5. The molecule has 2 aliphatic heterocycles. The lowest BCUT2D eigenvalue weighted by atomic mass is 10.0. The van der Waals surface area contributed by atoms with E-state index in [1.165, 1.54) is 6.20 Å². The minimum Gasteiger partial charge on any atom is -0.454 e. The molecule has 0 saturated carbocycles. The van der Waals surface area contributed by atoms with Crippen LogP contribution in [0.25, 0.3) is 0 Å². The summed E-state index contributed by atoms with van der Waals surface area (Å²) in [5.74, 6) is -1.17. The fourth-order valence-electron chi connectivity index (χ4n) is 4.39. The monoisotopic (exact) mass is 598 g/mol. The normalized spacial score (nSPS) is 14.0. The molecule has 3 aromatic rings. The standard InChI is InChI=1S/C29H24F4N4O4.C2H6/c30-23-7-6-20(12-22(23)29(31,32)33)36-28(39)21-15-37(10-9-24(21)34)14-17-1-4-19(5-2-17)27(38)35-13-18-3-8-25-26(11-18)41-16-40-25;1-2/h1-8,11-12,15,34H,9-10,13-14,16H2,(H,35,38)(H,36,39);1-2H3. The summed E-state index contributed by atoms with van der Waals surface area (Å²) in [6.45, 7) is 5.30. The van der Waals surface area contributed by atoms with Crippen molar-refractivity contribution in [2.45, 2.75) is 39.5 Å². The summed E-state index contributed by atoms with van der Waals surface area (Å²) in [7, 11) is 0. The fraction of sp³-hybridized carbons (Fsp3) is 0.258. The molecule has 0 fully saturated rings. The van der Waals surface area contributed by atoms with E-state index in [-0.39, 0.29) is 36.1 Å². The number of benzene rings is 3. The quantitative estimate of drug-likeness (QED) is 0.278. The maximum atomic E-state index is 13.6. The van der Waals surface area contributed by atoms with E-state index in [1.54, 1.807) is 35.2 Å².